The van der Waals surface area contributed by atoms with Gasteiger partial charge in [-0.2, -0.15) is 4.31 Å². The van der Waals surface area contributed by atoms with Crippen molar-refractivity contribution < 1.29 is 12.8 Å². The van der Waals surface area contributed by atoms with Crippen molar-refractivity contribution >= 4 is 21.6 Å². The highest BCUT2D eigenvalue weighted by molar-refractivity contribution is 7.89. The van der Waals surface area contributed by atoms with Crippen molar-refractivity contribution in [2.75, 3.05) is 13.1 Å². The van der Waals surface area contributed by atoms with Gasteiger partial charge in [0.25, 0.3) is 0 Å². The molecule has 4 nitrogen and oxygen atoms in total. The molecule has 0 unspecified atom stereocenters. The Balaban J connectivity index is 2.36. The summed E-state index contributed by atoms with van der Waals surface area (Å²) in [7, 11) is -3.68. The molecule has 106 valence electrons. The maximum absolute atomic E-state index is 13.0. The first-order chi connectivity index (χ1) is 8.80. The van der Waals surface area contributed by atoms with Crippen LogP contribution in [0.1, 0.15) is 13.8 Å². The predicted molar refractivity (Wildman–Crippen MR) is 72.2 cm³/mol. The van der Waals surface area contributed by atoms with E-state index in [1.54, 1.807) is 0 Å². The normalized spacial score (nSPS) is 25.5. The average molecular weight is 307 g/mol. The number of nitrogens with zero attached hydrogens (tertiary/aromatic N) is 1. The molecule has 1 aromatic carbocycles. The Labute approximate surface area is 117 Å². The van der Waals surface area contributed by atoms with E-state index in [0.717, 1.165) is 12.1 Å². The average Bonchev–Trinajstić information content (AvgIpc) is 2.26. The van der Waals surface area contributed by atoms with Gasteiger partial charge in [-0.05, 0) is 32.0 Å². The predicted octanol–water partition coefficient (Wildman–Crippen LogP) is 1.85. The molecular formula is C12H16ClFN2O2S. The minimum atomic E-state index is -3.68. The maximum Gasteiger partial charge on any atom is 0.244 e. The van der Waals surface area contributed by atoms with Gasteiger partial charge in [-0.1, -0.05) is 11.6 Å². The molecule has 0 radical (unpaired) electrons. The number of sulfonamides is 1. The summed E-state index contributed by atoms with van der Waals surface area (Å²) in [5, 5.41) is 3.17. The van der Waals surface area contributed by atoms with Crippen LogP contribution in [0.5, 0.6) is 0 Å². The molecule has 0 amide bonds. The summed E-state index contributed by atoms with van der Waals surface area (Å²) in [5.74, 6) is -0.550. The molecular weight excluding hydrogens is 291 g/mol. The van der Waals surface area contributed by atoms with Crippen molar-refractivity contribution in [1.29, 1.82) is 0 Å². The van der Waals surface area contributed by atoms with E-state index in [2.05, 4.69) is 5.32 Å². The van der Waals surface area contributed by atoms with Crippen molar-refractivity contribution in [3.63, 3.8) is 0 Å². The van der Waals surface area contributed by atoms with Crippen LogP contribution in [0.15, 0.2) is 23.1 Å². The Hall–Kier alpha value is -0.690. The van der Waals surface area contributed by atoms with E-state index in [1.807, 2.05) is 13.8 Å². The molecule has 1 aliphatic heterocycles. The fraction of sp³-hybridized carbons (Fsp3) is 0.500. The zero-order valence-corrected chi connectivity index (χ0v) is 12.3. The number of benzene rings is 1. The van der Waals surface area contributed by atoms with Gasteiger partial charge in [0.15, 0.2) is 0 Å². The first-order valence-electron chi connectivity index (χ1n) is 6.02. The van der Waals surface area contributed by atoms with Crippen LogP contribution in [0.3, 0.4) is 0 Å². The van der Waals surface area contributed by atoms with E-state index in [-0.39, 0.29) is 22.0 Å². The lowest BCUT2D eigenvalue weighted by Gasteiger charge is -2.35. The number of piperazine rings is 1. The Morgan fingerprint density at radius 3 is 2.42 bits per heavy atom. The van der Waals surface area contributed by atoms with Gasteiger partial charge in [0.1, 0.15) is 10.7 Å². The van der Waals surface area contributed by atoms with Gasteiger partial charge in [0.2, 0.25) is 10.0 Å². The van der Waals surface area contributed by atoms with Gasteiger partial charge >= 0.3 is 0 Å². The van der Waals surface area contributed by atoms with E-state index in [4.69, 9.17) is 11.6 Å². The van der Waals surface area contributed by atoms with Crippen molar-refractivity contribution in [2.45, 2.75) is 30.8 Å². The summed E-state index contributed by atoms with van der Waals surface area (Å²) in [6.07, 6.45) is 0. The van der Waals surface area contributed by atoms with Gasteiger partial charge in [-0.25, -0.2) is 12.8 Å². The topological polar surface area (TPSA) is 49.4 Å². The van der Waals surface area contributed by atoms with Gasteiger partial charge in [-0.15, -0.1) is 0 Å². The summed E-state index contributed by atoms with van der Waals surface area (Å²) >= 11 is 5.84. The monoisotopic (exact) mass is 306 g/mol. The standard InChI is InChI=1S/C12H16ClFN2O2S/c1-8-6-16(7-9(2)15-8)19(17,18)12-4-3-10(14)5-11(12)13/h3-5,8-9,15H,6-7H2,1-2H3/t8-,9+. The maximum atomic E-state index is 13.0. The Bertz CT molecular complexity index is 569. The molecule has 7 heteroatoms. The molecule has 1 N–H and O–H groups in total. The van der Waals surface area contributed by atoms with Crippen molar-refractivity contribution in [2.24, 2.45) is 0 Å². The van der Waals surface area contributed by atoms with Crippen molar-refractivity contribution in [3.05, 3.63) is 29.0 Å². The van der Waals surface area contributed by atoms with Gasteiger partial charge in [0, 0.05) is 25.2 Å². The molecule has 0 spiro atoms. The molecule has 0 saturated carbocycles. The van der Waals surface area contributed by atoms with Gasteiger partial charge < -0.3 is 5.32 Å². The van der Waals surface area contributed by atoms with Crippen molar-refractivity contribution in [3.8, 4) is 0 Å². The first kappa shape index (κ1) is 14.7. The fourth-order valence-corrected chi connectivity index (χ4v) is 4.42. The summed E-state index contributed by atoms with van der Waals surface area (Å²) in [6, 6.07) is 3.47. The van der Waals surface area contributed by atoms with Gasteiger partial charge in [-0.3, -0.25) is 0 Å². The fourth-order valence-electron chi connectivity index (χ4n) is 2.30. The SMILES string of the molecule is C[C@@H]1CN(S(=O)(=O)c2ccc(F)cc2Cl)C[C@H](C)N1. The van der Waals surface area contributed by atoms with Crippen LogP contribution in [0.25, 0.3) is 0 Å². The number of rotatable bonds is 2. The summed E-state index contributed by atoms with van der Waals surface area (Å²) in [4.78, 5) is -0.0446. The number of hydrogen-bond acceptors (Lipinski definition) is 3. The molecule has 19 heavy (non-hydrogen) atoms. The first-order valence-corrected chi connectivity index (χ1v) is 7.84. The van der Waals surface area contributed by atoms with Crippen LogP contribution < -0.4 is 5.32 Å². The van der Waals surface area contributed by atoms with Crippen LogP contribution in [-0.4, -0.2) is 37.9 Å². The second-order valence-corrected chi connectivity index (χ2v) is 7.18. The molecule has 0 bridgehead atoms. The summed E-state index contributed by atoms with van der Waals surface area (Å²) < 4.78 is 39.4. The zero-order chi connectivity index (χ0) is 14.2. The number of halogens is 2. The third-order valence-corrected chi connectivity index (χ3v) is 5.35. The molecule has 2 atom stereocenters. The zero-order valence-electron chi connectivity index (χ0n) is 10.7. The molecule has 1 heterocycles. The lowest BCUT2D eigenvalue weighted by atomic mass is 10.2. The van der Waals surface area contributed by atoms with Crippen molar-refractivity contribution in [1.82, 2.24) is 9.62 Å². The van der Waals surface area contributed by atoms with Crippen LogP contribution in [0.4, 0.5) is 4.39 Å². The van der Waals surface area contributed by atoms with E-state index >= 15 is 0 Å². The Kier molecular flexibility index (Phi) is 4.15. The molecule has 1 aromatic rings. The van der Waals surface area contributed by atoms with Gasteiger partial charge in [0.05, 0.1) is 5.02 Å². The minimum Gasteiger partial charge on any atom is -0.309 e. The van der Waals surface area contributed by atoms with Crippen LogP contribution in [0.2, 0.25) is 5.02 Å². The van der Waals surface area contributed by atoms with Crippen LogP contribution >= 0.6 is 11.6 Å². The number of hydrogen-bond donors (Lipinski definition) is 1. The quantitative estimate of drug-likeness (QED) is 0.907. The number of nitrogens with one attached hydrogen (secondary N) is 1. The largest absolute Gasteiger partial charge is 0.309 e. The van der Waals surface area contributed by atoms with Crippen LogP contribution in [-0.2, 0) is 10.0 Å². The summed E-state index contributed by atoms with van der Waals surface area (Å²) in [5.41, 5.74) is 0. The second kappa shape index (κ2) is 5.36. The lowest BCUT2D eigenvalue weighted by molar-refractivity contribution is 0.263. The highest BCUT2D eigenvalue weighted by atomic mass is 35.5. The summed E-state index contributed by atoms with van der Waals surface area (Å²) in [6.45, 7) is 4.59. The lowest BCUT2D eigenvalue weighted by Crippen LogP contribution is -2.55. The smallest absolute Gasteiger partial charge is 0.244 e. The third kappa shape index (κ3) is 3.08. The molecule has 2 rings (SSSR count). The van der Waals surface area contributed by atoms with Crippen LogP contribution in [0, 0.1) is 5.82 Å². The Morgan fingerprint density at radius 1 is 1.32 bits per heavy atom. The second-order valence-electron chi connectivity index (χ2n) is 4.87. The molecule has 0 aliphatic carbocycles. The van der Waals surface area contributed by atoms with E-state index < -0.39 is 15.8 Å². The molecule has 1 fully saturated rings. The van der Waals surface area contributed by atoms with E-state index in [1.165, 1.54) is 10.4 Å². The highest BCUT2D eigenvalue weighted by Gasteiger charge is 2.32. The minimum absolute atomic E-state index is 0.0446. The highest BCUT2D eigenvalue weighted by Crippen LogP contribution is 2.26. The molecule has 1 saturated heterocycles. The Morgan fingerprint density at radius 2 is 1.89 bits per heavy atom. The van der Waals surface area contributed by atoms with E-state index in [9.17, 15) is 12.8 Å². The molecule has 1 aliphatic rings. The van der Waals surface area contributed by atoms with E-state index in [0.29, 0.717) is 13.1 Å². The molecule has 0 aromatic heterocycles. The third-order valence-electron chi connectivity index (χ3n) is 3.04.